The van der Waals surface area contributed by atoms with Crippen LogP contribution in [0.2, 0.25) is 0 Å². The van der Waals surface area contributed by atoms with E-state index in [0.717, 1.165) is 56.6 Å². The van der Waals surface area contributed by atoms with Crippen molar-refractivity contribution in [3.63, 3.8) is 0 Å². The Kier molecular flexibility index (Phi) is 6.67. The number of aliphatic hydroxyl groups is 1. The summed E-state index contributed by atoms with van der Waals surface area (Å²) in [5.74, 6) is 0.648. The quantitative estimate of drug-likeness (QED) is 0.703. The number of rotatable bonds is 7. The van der Waals surface area contributed by atoms with Gasteiger partial charge >= 0.3 is 0 Å². The van der Waals surface area contributed by atoms with Gasteiger partial charge < -0.3 is 25.2 Å². The smallest absolute Gasteiger partial charge is 0.238 e. The largest absolute Gasteiger partial charge is 0.488 e. The zero-order valence-electron chi connectivity index (χ0n) is 14.6. The van der Waals surface area contributed by atoms with Gasteiger partial charge in [-0.2, -0.15) is 0 Å². The molecule has 1 aromatic rings. The van der Waals surface area contributed by atoms with Crippen LogP contribution in [0.1, 0.15) is 38.5 Å². The molecule has 3 rings (SSSR count). The zero-order valence-corrected chi connectivity index (χ0v) is 14.6. The predicted molar refractivity (Wildman–Crippen MR) is 95.8 cm³/mol. The Morgan fingerprint density at radius 1 is 1.16 bits per heavy atom. The predicted octanol–water partition coefficient (Wildman–Crippen LogP) is 2.08. The summed E-state index contributed by atoms with van der Waals surface area (Å²) in [7, 11) is 0. The number of benzene rings is 1. The van der Waals surface area contributed by atoms with Crippen LogP contribution in [0.3, 0.4) is 0 Å². The molecule has 1 saturated heterocycles. The van der Waals surface area contributed by atoms with Crippen LogP contribution >= 0.6 is 0 Å². The Morgan fingerprint density at radius 2 is 1.96 bits per heavy atom. The summed E-state index contributed by atoms with van der Waals surface area (Å²) >= 11 is 0. The van der Waals surface area contributed by atoms with E-state index >= 15 is 0 Å². The fourth-order valence-corrected chi connectivity index (χ4v) is 3.36. The van der Waals surface area contributed by atoms with Crippen LogP contribution in [0.15, 0.2) is 24.3 Å². The van der Waals surface area contributed by atoms with E-state index in [2.05, 4.69) is 10.6 Å². The van der Waals surface area contributed by atoms with Crippen LogP contribution in [-0.4, -0.2) is 49.0 Å². The van der Waals surface area contributed by atoms with Crippen LogP contribution in [0.5, 0.6) is 5.75 Å². The Labute approximate surface area is 148 Å². The van der Waals surface area contributed by atoms with Gasteiger partial charge in [0.25, 0.3) is 0 Å². The molecule has 0 spiro atoms. The summed E-state index contributed by atoms with van der Waals surface area (Å²) in [6.45, 7) is 1.81. The third-order valence-electron chi connectivity index (χ3n) is 4.77. The molecule has 2 aliphatic rings. The van der Waals surface area contributed by atoms with Crippen molar-refractivity contribution in [3.8, 4) is 5.75 Å². The monoisotopic (exact) mass is 348 g/mol. The van der Waals surface area contributed by atoms with Crippen LogP contribution in [-0.2, 0) is 9.53 Å². The van der Waals surface area contributed by atoms with Gasteiger partial charge in [0.1, 0.15) is 11.9 Å². The summed E-state index contributed by atoms with van der Waals surface area (Å²) in [5, 5.41) is 16.0. The van der Waals surface area contributed by atoms with Gasteiger partial charge in [-0.05, 0) is 56.4 Å². The van der Waals surface area contributed by atoms with E-state index in [1.165, 1.54) is 0 Å². The van der Waals surface area contributed by atoms with Crippen molar-refractivity contribution in [3.05, 3.63) is 24.3 Å². The number of amides is 1. The molecule has 1 saturated carbocycles. The number of carbonyl (C=O) groups is 1. The molecule has 25 heavy (non-hydrogen) atoms. The van der Waals surface area contributed by atoms with Crippen molar-refractivity contribution >= 4 is 11.6 Å². The molecule has 1 aromatic carbocycles. The lowest BCUT2D eigenvalue weighted by Crippen LogP contribution is -2.34. The maximum Gasteiger partial charge on any atom is 0.238 e. The molecule has 1 aliphatic heterocycles. The Bertz CT molecular complexity index is 543. The first-order chi connectivity index (χ1) is 12.2. The molecule has 1 aliphatic carbocycles. The van der Waals surface area contributed by atoms with Gasteiger partial charge in [0.2, 0.25) is 5.91 Å². The molecular weight excluding hydrogens is 320 g/mol. The number of hydrogen-bond donors (Lipinski definition) is 3. The topological polar surface area (TPSA) is 79.8 Å². The van der Waals surface area contributed by atoms with Gasteiger partial charge in [-0.15, -0.1) is 0 Å². The minimum Gasteiger partial charge on any atom is -0.488 e. The summed E-state index contributed by atoms with van der Waals surface area (Å²) in [6.07, 6.45) is 5.73. The zero-order chi connectivity index (χ0) is 17.5. The maximum atomic E-state index is 12.0. The molecule has 3 atom stereocenters. The first-order valence-corrected chi connectivity index (χ1v) is 9.27. The van der Waals surface area contributed by atoms with E-state index in [1.807, 2.05) is 24.3 Å². The van der Waals surface area contributed by atoms with Crippen molar-refractivity contribution in [1.82, 2.24) is 5.32 Å². The lowest BCUT2D eigenvalue weighted by atomic mass is 9.95. The van der Waals surface area contributed by atoms with Crippen LogP contribution < -0.4 is 15.4 Å². The number of carbonyl (C=O) groups excluding carboxylic acids is 1. The van der Waals surface area contributed by atoms with Gasteiger partial charge in [0.05, 0.1) is 18.8 Å². The third-order valence-corrected chi connectivity index (χ3v) is 4.77. The van der Waals surface area contributed by atoms with E-state index in [1.54, 1.807) is 0 Å². The summed E-state index contributed by atoms with van der Waals surface area (Å²) in [6, 6.07) is 7.30. The fraction of sp³-hybridized carbons (Fsp3) is 0.632. The standard InChI is InChI=1S/C19H28N2O4/c22-17-5-1-2-6-18(17)25-15-9-7-14(8-10-15)21-19(23)13-20-12-16-4-3-11-24-16/h7-10,16-18,20,22H,1-6,11-13H2,(H,21,23). The molecule has 6 heteroatoms. The van der Waals surface area contributed by atoms with Gasteiger partial charge in [-0.25, -0.2) is 0 Å². The highest BCUT2D eigenvalue weighted by molar-refractivity contribution is 5.92. The maximum absolute atomic E-state index is 12.0. The average Bonchev–Trinajstić information content (AvgIpc) is 3.12. The average molecular weight is 348 g/mol. The Balaban J connectivity index is 1.39. The molecule has 1 amide bonds. The summed E-state index contributed by atoms with van der Waals surface area (Å²) in [5.41, 5.74) is 0.737. The lowest BCUT2D eigenvalue weighted by molar-refractivity contribution is -0.115. The van der Waals surface area contributed by atoms with Gasteiger partial charge in [0.15, 0.2) is 0 Å². The van der Waals surface area contributed by atoms with Crippen molar-refractivity contribution in [2.45, 2.75) is 56.8 Å². The molecule has 6 nitrogen and oxygen atoms in total. The highest BCUT2D eigenvalue weighted by Crippen LogP contribution is 2.24. The summed E-state index contributed by atoms with van der Waals surface area (Å²) < 4.78 is 11.4. The molecule has 3 unspecified atom stereocenters. The second-order valence-electron chi connectivity index (χ2n) is 6.85. The van der Waals surface area contributed by atoms with Gasteiger partial charge in [-0.1, -0.05) is 6.42 Å². The van der Waals surface area contributed by atoms with E-state index in [0.29, 0.717) is 6.54 Å². The number of anilines is 1. The minimum absolute atomic E-state index is 0.0747. The fourth-order valence-electron chi connectivity index (χ4n) is 3.36. The van der Waals surface area contributed by atoms with Crippen molar-refractivity contribution in [1.29, 1.82) is 0 Å². The van der Waals surface area contributed by atoms with Crippen molar-refractivity contribution < 1.29 is 19.4 Å². The normalized spacial score (nSPS) is 26.4. The van der Waals surface area contributed by atoms with Gasteiger partial charge in [0, 0.05) is 18.8 Å². The number of hydrogen-bond acceptors (Lipinski definition) is 5. The third kappa shape index (κ3) is 5.70. The lowest BCUT2D eigenvalue weighted by Gasteiger charge is -2.28. The number of aliphatic hydroxyl groups excluding tert-OH is 1. The van der Waals surface area contributed by atoms with Gasteiger partial charge in [-0.3, -0.25) is 4.79 Å². The molecule has 1 heterocycles. The van der Waals surface area contributed by atoms with E-state index in [9.17, 15) is 9.90 Å². The highest BCUT2D eigenvalue weighted by Gasteiger charge is 2.24. The molecule has 138 valence electrons. The van der Waals surface area contributed by atoms with Crippen LogP contribution in [0, 0.1) is 0 Å². The minimum atomic E-state index is -0.386. The second kappa shape index (κ2) is 9.17. The van der Waals surface area contributed by atoms with Crippen molar-refractivity contribution in [2.75, 3.05) is 25.0 Å². The SMILES string of the molecule is O=C(CNCC1CCCO1)Nc1ccc(OC2CCCCC2O)cc1. The Hall–Kier alpha value is -1.63. The highest BCUT2D eigenvalue weighted by atomic mass is 16.5. The number of nitrogens with one attached hydrogen (secondary N) is 2. The van der Waals surface area contributed by atoms with E-state index in [4.69, 9.17) is 9.47 Å². The second-order valence-corrected chi connectivity index (χ2v) is 6.85. The van der Waals surface area contributed by atoms with E-state index < -0.39 is 0 Å². The number of ether oxygens (including phenoxy) is 2. The van der Waals surface area contributed by atoms with Crippen LogP contribution in [0.25, 0.3) is 0 Å². The molecule has 2 fully saturated rings. The molecule has 3 N–H and O–H groups in total. The first kappa shape index (κ1) is 18.2. The van der Waals surface area contributed by atoms with Crippen molar-refractivity contribution in [2.24, 2.45) is 0 Å². The molecule has 0 bridgehead atoms. The Morgan fingerprint density at radius 3 is 2.68 bits per heavy atom. The molecular formula is C19H28N2O4. The van der Waals surface area contributed by atoms with E-state index in [-0.39, 0.29) is 30.8 Å². The summed E-state index contributed by atoms with van der Waals surface area (Å²) in [4.78, 5) is 12.0. The first-order valence-electron chi connectivity index (χ1n) is 9.27. The van der Waals surface area contributed by atoms with Crippen LogP contribution in [0.4, 0.5) is 5.69 Å². The molecule has 0 radical (unpaired) electrons. The molecule has 0 aromatic heterocycles.